The van der Waals surface area contributed by atoms with Crippen LogP contribution in [0.25, 0.3) is 0 Å². The van der Waals surface area contributed by atoms with Crippen molar-refractivity contribution in [2.45, 2.75) is 38.4 Å². The highest BCUT2D eigenvalue weighted by molar-refractivity contribution is 5.94. The summed E-state index contributed by atoms with van der Waals surface area (Å²) in [6.45, 7) is 5.09. The Bertz CT molecular complexity index is 651. The Morgan fingerprint density at radius 1 is 1.04 bits per heavy atom. The summed E-state index contributed by atoms with van der Waals surface area (Å²) in [6.07, 6.45) is 2.16. The Morgan fingerprint density at radius 2 is 1.64 bits per heavy atom. The summed E-state index contributed by atoms with van der Waals surface area (Å²) in [5, 5.41) is 6.45. The lowest BCUT2D eigenvalue weighted by atomic mass is 10.0. The molecule has 4 nitrogen and oxygen atoms in total. The van der Waals surface area contributed by atoms with Gasteiger partial charge in [0.25, 0.3) is 0 Å². The lowest BCUT2D eigenvalue weighted by Gasteiger charge is -2.33. The fourth-order valence-electron chi connectivity index (χ4n) is 3.30. The highest BCUT2D eigenvalue weighted by Crippen LogP contribution is 2.14. The van der Waals surface area contributed by atoms with Gasteiger partial charge in [-0.1, -0.05) is 48.5 Å². The molecule has 1 amide bonds. The molecule has 4 heteroatoms. The molecule has 1 heterocycles. The molecule has 0 radical (unpaired) electrons. The summed E-state index contributed by atoms with van der Waals surface area (Å²) in [4.78, 5) is 14.8. The van der Waals surface area contributed by atoms with E-state index in [2.05, 4.69) is 45.9 Å². The van der Waals surface area contributed by atoms with Gasteiger partial charge < -0.3 is 10.6 Å². The number of carbonyl (C=O) groups excluding carboxylic acids is 1. The SMILES string of the molecule is C[C@@H](NC1CCN(Cc2ccccc2)CC1)C(=O)Nc1ccccc1. The van der Waals surface area contributed by atoms with E-state index in [0.29, 0.717) is 6.04 Å². The van der Waals surface area contributed by atoms with Crippen LogP contribution in [0, 0.1) is 0 Å². The van der Waals surface area contributed by atoms with E-state index in [1.165, 1.54) is 5.56 Å². The number of carbonyl (C=O) groups is 1. The van der Waals surface area contributed by atoms with Crippen LogP contribution in [0.5, 0.6) is 0 Å². The third-order valence-corrected chi connectivity index (χ3v) is 4.76. The van der Waals surface area contributed by atoms with E-state index in [4.69, 9.17) is 0 Å². The molecule has 0 aromatic heterocycles. The highest BCUT2D eigenvalue weighted by atomic mass is 16.2. The van der Waals surface area contributed by atoms with Gasteiger partial charge in [-0.15, -0.1) is 0 Å². The number of para-hydroxylation sites is 1. The fourth-order valence-corrected chi connectivity index (χ4v) is 3.30. The molecule has 2 N–H and O–H groups in total. The highest BCUT2D eigenvalue weighted by Gasteiger charge is 2.22. The molecule has 2 aromatic carbocycles. The van der Waals surface area contributed by atoms with E-state index in [1.54, 1.807) is 0 Å². The van der Waals surface area contributed by atoms with E-state index < -0.39 is 0 Å². The summed E-state index contributed by atoms with van der Waals surface area (Å²) in [7, 11) is 0. The van der Waals surface area contributed by atoms with E-state index in [0.717, 1.165) is 38.2 Å². The van der Waals surface area contributed by atoms with Gasteiger partial charge in [0.05, 0.1) is 6.04 Å². The van der Waals surface area contributed by atoms with E-state index >= 15 is 0 Å². The van der Waals surface area contributed by atoms with E-state index in [-0.39, 0.29) is 11.9 Å². The van der Waals surface area contributed by atoms with Gasteiger partial charge in [-0.3, -0.25) is 9.69 Å². The van der Waals surface area contributed by atoms with Crippen LogP contribution < -0.4 is 10.6 Å². The van der Waals surface area contributed by atoms with Gasteiger partial charge in [-0.05, 0) is 50.6 Å². The number of likely N-dealkylation sites (tertiary alicyclic amines) is 1. The summed E-state index contributed by atoms with van der Waals surface area (Å²) in [5.74, 6) is 0.0258. The van der Waals surface area contributed by atoms with Crippen LogP contribution in [0.3, 0.4) is 0 Å². The zero-order valence-corrected chi connectivity index (χ0v) is 14.8. The molecule has 1 atom stereocenters. The maximum Gasteiger partial charge on any atom is 0.241 e. The van der Waals surface area contributed by atoms with Crippen LogP contribution >= 0.6 is 0 Å². The van der Waals surface area contributed by atoms with Crippen molar-refractivity contribution in [3.05, 3.63) is 66.2 Å². The molecular weight excluding hydrogens is 310 g/mol. The van der Waals surface area contributed by atoms with Crippen LogP contribution in [-0.2, 0) is 11.3 Å². The number of nitrogens with zero attached hydrogens (tertiary/aromatic N) is 1. The second-order valence-corrected chi connectivity index (χ2v) is 6.78. The van der Waals surface area contributed by atoms with Gasteiger partial charge in [0.1, 0.15) is 0 Å². The van der Waals surface area contributed by atoms with Crippen molar-refractivity contribution in [1.29, 1.82) is 0 Å². The van der Waals surface area contributed by atoms with Crippen molar-refractivity contribution in [3.63, 3.8) is 0 Å². The molecule has 3 rings (SSSR count). The molecule has 0 saturated carbocycles. The Kier molecular flexibility index (Phi) is 6.20. The van der Waals surface area contributed by atoms with Crippen molar-refractivity contribution in [2.24, 2.45) is 0 Å². The molecule has 1 aliphatic rings. The monoisotopic (exact) mass is 337 g/mol. The predicted molar refractivity (Wildman–Crippen MR) is 102 cm³/mol. The Morgan fingerprint density at radius 3 is 2.28 bits per heavy atom. The maximum atomic E-state index is 12.3. The normalized spacial score (nSPS) is 17.2. The molecule has 0 aliphatic carbocycles. The fraction of sp³-hybridized carbons (Fsp3) is 0.381. The minimum absolute atomic E-state index is 0.0258. The van der Waals surface area contributed by atoms with Crippen LogP contribution in [-0.4, -0.2) is 36.0 Å². The number of amides is 1. The topological polar surface area (TPSA) is 44.4 Å². The van der Waals surface area contributed by atoms with E-state index in [9.17, 15) is 4.79 Å². The van der Waals surface area contributed by atoms with Gasteiger partial charge >= 0.3 is 0 Å². The zero-order valence-electron chi connectivity index (χ0n) is 14.8. The average molecular weight is 337 g/mol. The first-order valence-corrected chi connectivity index (χ1v) is 9.09. The third-order valence-electron chi connectivity index (χ3n) is 4.76. The zero-order chi connectivity index (χ0) is 17.5. The Labute approximate surface area is 150 Å². The number of hydrogen-bond acceptors (Lipinski definition) is 3. The first-order chi connectivity index (χ1) is 12.2. The standard InChI is InChI=1S/C21H27N3O/c1-17(21(25)23-19-10-6-3-7-11-19)22-20-12-14-24(15-13-20)16-18-8-4-2-5-9-18/h2-11,17,20,22H,12-16H2,1H3,(H,23,25)/t17-/m1/s1. The summed E-state index contributed by atoms with van der Waals surface area (Å²) >= 11 is 0. The van der Waals surface area contributed by atoms with Gasteiger partial charge in [0.2, 0.25) is 5.91 Å². The summed E-state index contributed by atoms with van der Waals surface area (Å²) in [5.41, 5.74) is 2.21. The van der Waals surface area contributed by atoms with Gasteiger partial charge in [0, 0.05) is 18.3 Å². The van der Waals surface area contributed by atoms with Gasteiger partial charge in [0.15, 0.2) is 0 Å². The van der Waals surface area contributed by atoms with Crippen LogP contribution in [0.4, 0.5) is 5.69 Å². The van der Waals surface area contributed by atoms with Gasteiger partial charge in [-0.25, -0.2) is 0 Å². The number of anilines is 1. The predicted octanol–water partition coefficient (Wildman–Crippen LogP) is 3.27. The number of nitrogens with one attached hydrogen (secondary N) is 2. The smallest absolute Gasteiger partial charge is 0.241 e. The third kappa shape index (κ3) is 5.41. The second-order valence-electron chi connectivity index (χ2n) is 6.78. The largest absolute Gasteiger partial charge is 0.325 e. The summed E-state index contributed by atoms with van der Waals surface area (Å²) in [6, 6.07) is 20.4. The number of rotatable bonds is 6. The molecule has 0 spiro atoms. The molecule has 2 aromatic rings. The van der Waals surface area contributed by atoms with E-state index in [1.807, 2.05) is 37.3 Å². The maximum absolute atomic E-state index is 12.3. The van der Waals surface area contributed by atoms with Crippen LogP contribution in [0.1, 0.15) is 25.3 Å². The summed E-state index contributed by atoms with van der Waals surface area (Å²) < 4.78 is 0. The lowest BCUT2D eigenvalue weighted by Crippen LogP contribution is -2.48. The first kappa shape index (κ1) is 17.6. The molecule has 25 heavy (non-hydrogen) atoms. The number of piperidine rings is 1. The number of benzene rings is 2. The molecule has 0 unspecified atom stereocenters. The molecule has 1 saturated heterocycles. The van der Waals surface area contributed by atoms with Crippen molar-refractivity contribution >= 4 is 11.6 Å². The Hall–Kier alpha value is -2.17. The Balaban J connectivity index is 1.41. The van der Waals surface area contributed by atoms with Gasteiger partial charge in [-0.2, -0.15) is 0 Å². The average Bonchev–Trinajstić information content (AvgIpc) is 2.65. The van der Waals surface area contributed by atoms with Crippen LogP contribution in [0.2, 0.25) is 0 Å². The molecule has 132 valence electrons. The minimum Gasteiger partial charge on any atom is -0.325 e. The quantitative estimate of drug-likeness (QED) is 0.850. The number of hydrogen-bond donors (Lipinski definition) is 2. The molecule has 1 aliphatic heterocycles. The van der Waals surface area contributed by atoms with Crippen molar-refractivity contribution in [3.8, 4) is 0 Å². The van der Waals surface area contributed by atoms with Crippen molar-refractivity contribution in [1.82, 2.24) is 10.2 Å². The molecule has 1 fully saturated rings. The van der Waals surface area contributed by atoms with Crippen molar-refractivity contribution < 1.29 is 4.79 Å². The van der Waals surface area contributed by atoms with Crippen LogP contribution in [0.15, 0.2) is 60.7 Å². The lowest BCUT2D eigenvalue weighted by molar-refractivity contribution is -0.118. The minimum atomic E-state index is -0.189. The molecular formula is C21H27N3O. The molecule has 0 bridgehead atoms. The second kappa shape index (κ2) is 8.79. The van der Waals surface area contributed by atoms with Crippen molar-refractivity contribution in [2.75, 3.05) is 18.4 Å². The first-order valence-electron chi connectivity index (χ1n) is 9.09.